The number of carboxylic acids is 1. The van der Waals surface area contributed by atoms with E-state index in [4.69, 9.17) is 9.84 Å². The number of carbonyl (C=O) groups is 1. The minimum Gasteiger partial charge on any atom is -0.493 e. The van der Waals surface area contributed by atoms with Crippen LogP contribution in [0.15, 0.2) is 45.6 Å². The van der Waals surface area contributed by atoms with Gasteiger partial charge in [0.1, 0.15) is 5.75 Å². The third-order valence-electron chi connectivity index (χ3n) is 2.61. The fourth-order valence-corrected chi connectivity index (χ4v) is 2.74. The summed E-state index contributed by atoms with van der Waals surface area (Å²) in [5, 5.41) is 12.8. The van der Waals surface area contributed by atoms with Crippen molar-refractivity contribution in [1.82, 2.24) is 0 Å². The lowest BCUT2D eigenvalue weighted by atomic mass is 10.2. The van der Waals surface area contributed by atoms with Crippen LogP contribution in [-0.2, 0) is 11.2 Å². The van der Waals surface area contributed by atoms with Crippen molar-refractivity contribution in [2.75, 3.05) is 6.61 Å². The summed E-state index contributed by atoms with van der Waals surface area (Å²) in [5.41, 5.74) is 1.99. The highest BCUT2D eigenvalue weighted by molar-refractivity contribution is 9.10. The Morgan fingerprint density at radius 1 is 1.40 bits per heavy atom. The summed E-state index contributed by atoms with van der Waals surface area (Å²) < 4.78 is 6.62. The Balaban J connectivity index is 2.04. The van der Waals surface area contributed by atoms with Crippen LogP contribution in [0.5, 0.6) is 5.75 Å². The van der Waals surface area contributed by atoms with Crippen LogP contribution < -0.4 is 4.74 Å². The van der Waals surface area contributed by atoms with Crippen LogP contribution >= 0.6 is 27.3 Å². The predicted octanol–water partition coefficient (Wildman–Crippen LogP) is 4.23. The van der Waals surface area contributed by atoms with Gasteiger partial charge in [-0.3, -0.25) is 0 Å². The molecule has 0 saturated heterocycles. The highest BCUT2D eigenvalue weighted by atomic mass is 79.9. The van der Waals surface area contributed by atoms with Gasteiger partial charge in [0, 0.05) is 22.5 Å². The van der Waals surface area contributed by atoms with Gasteiger partial charge in [-0.2, -0.15) is 11.3 Å². The highest BCUT2D eigenvalue weighted by Gasteiger charge is 2.03. The van der Waals surface area contributed by atoms with Crippen LogP contribution in [0.4, 0.5) is 0 Å². The fraction of sp³-hybridized carbons (Fsp3) is 0.133. The normalized spacial score (nSPS) is 10.8. The molecule has 0 spiro atoms. The van der Waals surface area contributed by atoms with Crippen LogP contribution in [0.1, 0.15) is 11.1 Å². The zero-order valence-corrected chi connectivity index (χ0v) is 13.0. The maximum absolute atomic E-state index is 10.6. The van der Waals surface area contributed by atoms with Crippen molar-refractivity contribution in [2.24, 2.45) is 0 Å². The quantitative estimate of drug-likeness (QED) is 0.791. The highest BCUT2D eigenvalue weighted by Crippen LogP contribution is 2.24. The number of carboxylic acid groups (broad SMARTS) is 1. The van der Waals surface area contributed by atoms with E-state index < -0.39 is 5.97 Å². The van der Waals surface area contributed by atoms with Gasteiger partial charge in [0.05, 0.1) is 6.61 Å². The summed E-state index contributed by atoms with van der Waals surface area (Å²) in [4.78, 5) is 10.6. The molecule has 0 saturated carbocycles. The van der Waals surface area contributed by atoms with Gasteiger partial charge in [0.2, 0.25) is 0 Å². The van der Waals surface area contributed by atoms with Gasteiger partial charge in [-0.25, -0.2) is 4.79 Å². The number of hydrogen-bond donors (Lipinski definition) is 1. The van der Waals surface area contributed by atoms with E-state index >= 15 is 0 Å². The molecule has 1 N–H and O–H groups in total. The summed E-state index contributed by atoms with van der Waals surface area (Å²) in [7, 11) is 0. The third-order valence-corrected chi connectivity index (χ3v) is 3.83. The van der Waals surface area contributed by atoms with Gasteiger partial charge in [0.25, 0.3) is 0 Å². The molecule has 3 nitrogen and oxygen atoms in total. The molecule has 5 heteroatoms. The number of aliphatic carboxylic acids is 1. The molecule has 0 aliphatic heterocycles. The van der Waals surface area contributed by atoms with E-state index in [1.54, 1.807) is 11.3 Å². The Labute approximate surface area is 129 Å². The maximum atomic E-state index is 10.6. The summed E-state index contributed by atoms with van der Waals surface area (Å²) in [6.45, 7) is 0.562. The maximum Gasteiger partial charge on any atom is 0.328 e. The van der Waals surface area contributed by atoms with Crippen LogP contribution in [0.25, 0.3) is 6.08 Å². The van der Waals surface area contributed by atoms with E-state index in [2.05, 4.69) is 27.4 Å². The SMILES string of the molecule is O=C(O)C=Cc1cc(Br)ccc1OCCc1ccsc1. The Morgan fingerprint density at radius 2 is 2.25 bits per heavy atom. The molecule has 0 atom stereocenters. The lowest BCUT2D eigenvalue weighted by Gasteiger charge is -2.09. The van der Waals surface area contributed by atoms with Crippen LogP contribution in [-0.4, -0.2) is 17.7 Å². The first kappa shape index (κ1) is 14.8. The number of ether oxygens (including phenoxy) is 1. The summed E-state index contributed by atoms with van der Waals surface area (Å²) >= 11 is 5.03. The minimum absolute atomic E-state index is 0.562. The predicted molar refractivity (Wildman–Crippen MR) is 84.3 cm³/mol. The molecule has 0 amide bonds. The van der Waals surface area contributed by atoms with E-state index in [9.17, 15) is 4.79 Å². The molecule has 0 aliphatic carbocycles. The first-order valence-electron chi connectivity index (χ1n) is 5.99. The molecule has 1 aromatic carbocycles. The number of rotatable bonds is 6. The summed E-state index contributed by atoms with van der Waals surface area (Å²) in [6.07, 6.45) is 3.47. The van der Waals surface area contributed by atoms with Crippen molar-refractivity contribution in [1.29, 1.82) is 0 Å². The molecular weight excluding hydrogens is 340 g/mol. The van der Waals surface area contributed by atoms with Crippen LogP contribution in [0, 0.1) is 0 Å². The van der Waals surface area contributed by atoms with Gasteiger partial charge >= 0.3 is 5.97 Å². The number of thiophene rings is 1. The van der Waals surface area contributed by atoms with Crippen molar-refractivity contribution in [3.8, 4) is 5.75 Å². The van der Waals surface area contributed by atoms with Crippen molar-refractivity contribution in [3.05, 3.63) is 56.7 Å². The Morgan fingerprint density at radius 3 is 2.95 bits per heavy atom. The number of benzene rings is 1. The molecule has 2 aromatic rings. The average Bonchev–Trinajstić information content (AvgIpc) is 2.91. The zero-order chi connectivity index (χ0) is 14.4. The van der Waals surface area contributed by atoms with E-state index in [-0.39, 0.29) is 0 Å². The molecule has 2 rings (SSSR count). The molecule has 1 aromatic heterocycles. The fourth-order valence-electron chi connectivity index (χ4n) is 1.66. The van der Waals surface area contributed by atoms with Crippen molar-refractivity contribution >= 4 is 39.3 Å². The van der Waals surface area contributed by atoms with E-state index in [0.29, 0.717) is 12.4 Å². The lowest BCUT2D eigenvalue weighted by Crippen LogP contribution is -2.01. The third kappa shape index (κ3) is 4.51. The molecule has 0 fully saturated rings. The second kappa shape index (κ2) is 7.26. The largest absolute Gasteiger partial charge is 0.493 e. The van der Waals surface area contributed by atoms with E-state index in [1.165, 1.54) is 11.6 Å². The second-order valence-electron chi connectivity index (χ2n) is 4.08. The van der Waals surface area contributed by atoms with Gasteiger partial charge < -0.3 is 9.84 Å². The summed E-state index contributed by atoms with van der Waals surface area (Å²) in [5.74, 6) is -0.296. The molecule has 20 heavy (non-hydrogen) atoms. The van der Waals surface area contributed by atoms with Gasteiger partial charge in [-0.1, -0.05) is 15.9 Å². The first-order chi connectivity index (χ1) is 9.65. The number of hydrogen-bond acceptors (Lipinski definition) is 3. The van der Waals surface area contributed by atoms with Crippen molar-refractivity contribution in [2.45, 2.75) is 6.42 Å². The van der Waals surface area contributed by atoms with Gasteiger partial charge in [-0.15, -0.1) is 0 Å². The Kier molecular flexibility index (Phi) is 5.38. The van der Waals surface area contributed by atoms with Gasteiger partial charge in [-0.05, 0) is 46.7 Å². The molecule has 0 radical (unpaired) electrons. The summed E-state index contributed by atoms with van der Waals surface area (Å²) in [6, 6.07) is 7.61. The smallest absolute Gasteiger partial charge is 0.328 e. The van der Waals surface area contributed by atoms with Crippen molar-refractivity contribution < 1.29 is 14.6 Å². The molecule has 0 unspecified atom stereocenters. The van der Waals surface area contributed by atoms with Crippen molar-refractivity contribution in [3.63, 3.8) is 0 Å². The molecule has 0 bridgehead atoms. The standard InChI is InChI=1S/C15H13BrO3S/c16-13-2-3-14(12(9-13)1-4-15(17)18)19-7-5-11-6-8-20-10-11/h1-4,6,8-10H,5,7H2,(H,17,18). The first-order valence-corrected chi connectivity index (χ1v) is 7.73. The molecule has 0 aliphatic rings. The molecular formula is C15H13BrO3S. The van der Waals surface area contributed by atoms with E-state index in [0.717, 1.165) is 22.5 Å². The van der Waals surface area contributed by atoms with Crippen LogP contribution in [0.2, 0.25) is 0 Å². The monoisotopic (exact) mass is 352 g/mol. The zero-order valence-electron chi connectivity index (χ0n) is 10.6. The van der Waals surface area contributed by atoms with Gasteiger partial charge in [0.15, 0.2) is 0 Å². The second-order valence-corrected chi connectivity index (χ2v) is 5.78. The lowest BCUT2D eigenvalue weighted by molar-refractivity contribution is -0.131. The molecule has 1 heterocycles. The topological polar surface area (TPSA) is 46.5 Å². The number of halogens is 1. The van der Waals surface area contributed by atoms with Crippen LogP contribution in [0.3, 0.4) is 0 Å². The minimum atomic E-state index is -0.978. The Hall–Kier alpha value is -1.59. The average molecular weight is 353 g/mol. The Bertz CT molecular complexity index is 606. The van der Waals surface area contributed by atoms with E-state index in [1.807, 2.05) is 23.6 Å². The molecule has 104 valence electrons.